The van der Waals surface area contributed by atoms with Crippen molar-refractivity contribution in [2.24, 2.45) is 0 Å². The molecule has 1 heterocycles. The van der Waals surface area contributed by atoms with Gasteiger partial charge in [-0.3, -0.25) is 0 Å². The number of hydrogen-bond acceptors (Lipinski definition) is 2. The number of aryl methyl sites for hydroxylation is 1. The first kappa shape index (κ1) is 17.3. The van der Waals surface area contributed by atoms with Gasteiger partial charge >= 0.3 is 0 Å². The van der Waals surface area contributed by atoms with Crippen LogP contribution in [-0.4, -0.2) is 9.97 Å². The van der Waals surface area contributed by atoms with Gasteiger partial charge < -0.3 is 0 Å². The summed E-state index contributed by atoms with van der Waals surface area (Å²) in [4.78, 5) is 9.27. The molecule has 0 amide bonds. The molecule has 0 saturated carbocycles. The maximum atomic E-state index is 4.72. The Kier molecular flexibility index (Phi) is 4.38. The Morgan fingerprint density at radius 3 is 1.83 bits per heavy atom. The van der Waals surface area contributed by atoms with Crippen LogP contribution in [0.3, 0.4) is 0 Å². The van der Waals surface area contributed by atoms with E-state index in [2.05, 4.69) is 83.8 Å². The molecule has 5 rings (SSSR count). The summed E-state index contributed by atoms with van der Waals surface area (Å²) in [5, 5.41) is 1.08. The van der Waals surface area contributed by atoms with Gasteiger partial charge in [0, 0.05) is 10.9 Å². The summed E-state index contributed by atoms with van der Waals surface area (Å²) in [6, 6.07) is 36.0. The van der Waals surface area contributed by atoms with Crippen LogP contribution < -0.4 is 0 Å². The average Bonchev–Trinajstić information content (AvgIpc) is 2.79. The predicted octanol–water partition coefficient (Wildman–Crippen LogP) is 6.94. The van der Waals surface area contributed by atoms with Crippen molar-refractivity contribution in [2.45, 2.75) is 6.92 Å². The molecule has 2 nitrogen and oxygen atoms in total. The molecule has 1 aromatic heterocycles. The number of hydrogen-bond donors (Lipinski definition) is 0. The molecule has 138 valence electrons. The normalized spacial score (nSPS) is 10.9. The fraction of sp³-hybridized carbons (Fsp3) is 0.0370. The van der Waals surface area contributed by atoms with Gasteiger partial charge in [0.2, 0.25) is 0 Å². The fourth-order valence-electron chi connectivity index (χ4n) is 3.74. The Bertz CT molecular complexity index is 1290. The number of fused-ring (bicyclic) bond motifs is 1. The van der Waals surface area contributed by atoms with Crippen LogP contribution in [0.15, 0.2) is 103 Å². The summed E-state index contributed by atoms with van der Waals surface area (Å²) >= 11 is 0. The first-order valence-corrected chi connectivity index (χ1v) is 9.78. The fourth-order valence-corrected chi connectivity index (χ4v) is 3.74. The second-order valence-corrected chi connectivity index (χ2v) is 7.16. The zero-order valence-corrected chi connectivity index (χ0v) is 16.2. The second kappa shape index (κ2) is 7.33. The Balaban J connectivity index is 1.54. The summed E-state index contributed by atoms with van der Waals surface area (Å²) in [6.45, 7) is 1.94. The summed E-state index contributed by atoms with van der Waals surface area (Å²) in [6.07, 6.45) is 0. The number of aromatic nitrogens is 2. The molecule has 0 saturated heterocycles. The standard InChI is InChI=1S/C27H20N2/c1-19-28-26-13-6-5-12-25(26)27(29-19)22-16-14-21(15-17-22)24-11-7-10-23(18-24)20-8-3-2-4-9-20/h2-18H,1H3. The quantitative estimate of drug-likeness (QED) is 0.343. The molecule has 5 aromatic rings. The molecular formula is C27H20N2. The zero-order valence-electron chi connectivity index (χ0n) is 16.2. The van der Waals surface area contributed by atoms with E-state index in [9.17, 15) is 0 Å². The van der Waals surface area contributed by atoms with E-state index in [0.29, 0.717) is 0 Å². The monoisotopic (exact) mass is 372 g/mol. The smallest absolute Gasteiger partial charge is 0.126 e. The van der Waals surface area contributed by atoms with Gasteiger partial charge in [0.15, 0.2) is 0 Å². The van der Waals surface area contributed by atoms with Crippen LogP contribution in [0.1, 0.15) is 5.82 Å². The van der Waals surface area contributed by atoms with Crippen molar-refractivity contribution in [1.29, 1.82) is 0 Å². The summed E-state index contributed by atoms with van der Waals surface area (Å²) in [5.74, 6) is 0.790. The molecule has 2 heteroatoms. The summed E-state index contributed by atoms with van der Waals surface area (Å²) in [7, 11) is 0. The van der Waals surface area contributed by atoms with Gasteiger partial charge in [-0.2, -0.15) is 0 Å². The number of rotatable bonds is 3. The molecule has 0 N–H and O–H groups in total. The van der Waals surface area contributed by atoms with E-state index in [4.69, 9.17) is 4.98 Å². The van der Waals surface area contributed by atoms with E-state index in [0.717, 1.165) is 28.0 Å². The highest BCUT2D eigenvalue weighted by Crippen LogP contribution is 2.30. The van der Waals surface area contributed by atoms with E-state index in [-0.39, 0.29) is 0 Å². The third kappa shape index (κ3) is 3.41. The number of nitrogens with zero attached hydrogens (tertiary/aromatic N) is 2. The first-order valence-electron chi connectivity index (χ1n) is 9.78. The Labute approximate surface area is 170 Å². The molecule has 0 spiro atoms. The minimum atomic E-state index is 0.790. The van der Waals surface area contributed by atoms with Gasteiger partial charge in [0.05, 0.1) is 11.2 Å². The Hall–Kier alpha value is -3.78. The molecule has 0 fully saturated rings. The maximum Gasteiger partial charge on any atom is 0.126 e. The summed E-state index contributed by atoms with van der Waals surface area (Å²) < 4.78 is 0. The lowest BCUT2D eigenvalue weighted by atomic mass is 9.97. The van der Waals surface area contributed by atoms with Crippen molar-refractivity contribution in [2.75, 3.05) is 0 Å². The van der Waals surface area contributed by atoms with Crippen molar-refractivity contribution >= 4 is 10.9 Å². The van der Waals surface area contributed by atoms with Gasteiger partial charge in [-0.15, -0.1) is 0 Å². The van der Waals surface area contributed by atoms with E-state index < -0.39 is 0 Å². The van der Waals surface area contributed by atoms with Crippen LogP contribution in [0.2, 0.25) is 0 Å². The third-order valence-electron chi connectivity index (χ3n) is 5.18. The lowest BCUT2D eigenvalue weighted by Gasteiger charge is -2.09. The first-order chi connectivity index (χ1) is 14.3. The molecule has 0 atom stereocenters. The molecule has 0 bridgehead atoms. The van der Waals surface area contributed by atoms with Crippen molar-refractivity contribution < 1.29 is 0 Å². The van der Waals surface area contributed by atoms with E-state index in [1.807, 2.05) is 31.2 Å². The Morgan fingerprint density at radius 1 is 0.483 bits per heavy atom. The van der Waals surface area contributed by atoms with Crippen LogP contribution in [0.25, 0.3) is 44.4 Å². The lowest BCUT2D eigenvalue weighted by Crippen LogP contribution is -1.93. The number of para-hydroxylation sites is 1. The number of benzene rings is 4. The van der Waals surface area contributed by atoms with E-state index in [1.54, 1.807) is 0 Å². The highest BCUT2D eigenvalue weighted by Gasteiger charge is 2.08. The zero-order chi connectivity index (χ0) is 19.6. The molecule has 0 aliphatic heterocycles. The molecule has 0 aliphatic carbocycles. The SMILES string of the molecule is Cc1nc(-c2ccc(-c3cccc(-c4ccccc4)c3)cc2)c2ccccc2n1. The van der Waals surface area contributed by atoms with Gasteiger partial charge in [-0.25, -0.2) is 9.97 Å². The lowest BCUT2D eigenvalue weighted by molar-refractivity contribution is 1.10. The van der Waals surface area contributed by atoms with Crippen LogP contribution in [-0.2, 0) is 0 Å². The van der Waals surface area contributed by atoms with Crippen molar-refractivity contribution in [1.82, 2.24) is 9.97 Å². The van der Waals surface area contributed by atoms with Gasteiger partial charge in [-0.05, 0) is 41.3 Å². The molecule has 0 aliphatic rings. The molecule has 4 aromatic carbocycles. The highest BCUT2D eigenvalue weighted by atomic mass is 14.9. The second-order valence-electron chi connectivity index (χ2n) is 7.16. The van der Waals surface area contributed by atoms with E-state index >= 15 is 0 Å². The minimum absolute atomic E-state index is 0.790. The van der Waals surface area contributed by atoms with Gasteiger partial charge in [0.25, 0.3) is 0 Å². The largest absolute Gasteiger partial charge is 0.233 e. The van der Waals surface area contributed by atoms with Gasteiger partial charge in [-0.1, -0.05) is 91.0 Å². The highest BCUT2D eigenvalue weighted by molar-refractivity contribution is 5.92. The third-order valence-corrected chi connectivity index (χ3v) is 5.18. The van der Waals surface area contributed by atoms with Crippen LogP contribution in [0.5, 0.6) is 0 Å². The van der Waals surface area contributed by atoms with Crippen molar-refractivity contribution in [3.8, 4) is 33.5 Å². The average molecular weight is 372 g/mol. The predicted molar refractivity (Wildman–Crippen MR) is 121 cm³/mol. The summed E-state index contributed by atoms with van der Waals surface area (Å²) in [5.41, 5.74) is 7.93. The van der Waals surface area contributed by atoms with Crippen molar-refractivity contribution in [3.05, 3.63) is 109 Å². The van der Waals surface area contributed by atoms with E-state index in [1.165, 1.54) is 22.3 Å². The molecule has 29 heavy (non-hydrogen) atoms. The topological polar surface area (TPSA) is 25.8 Å². The maximum absolute atomic E-state index is 4.72. The van der Waals surface area contributed by atoms with Crippen molar-refractivity contribution in [3.63, 3.8) is 0 Å². The van der Waals surface area contributed by atoms with Gasteiger partial charge in [0.1, 0.15) is 5.82 Å². The van der Waals surface area contributed by atoms with Crippen LogP contribution >= 0.6 is 0 Å². The van der Waals surface area contributed by atoms with Crippen LogP contribution in [0.4, 0.5) is 0 Å². The van der Waals surface area contributed by atoms with Crippen LogP contribution in [0, 0.1) is 6.92 Å². The molecule has 0 radical (unpaired) electrons. The Morgan fingerprint density at radius 2 is 1.07 bits per heavy atom. The molecular weight excluding hydrogens is 352 g/mol. The minimum Gasteiger partial charge on any atom is -0.233 e. The molecule has 0 unspecified atom stereocenters.